The van der Waals surface area contributed by atoms with Crippen LogP contribution in [0.4, 0.5) is 11.4 Å². The number of hydrogen-bond donors (Lipinski definition) is 1. The van der Waals surface area contributed by atoms with Crippen LogP contribution in [-0.4, -0.2) is 20.8 Å². The molecular weight excluding hydrogens is 387 g/mol. The van der Waals surface area contributed by atoms with Gasteiger partial charge in [0.1, 0.15) is 16.9 Å². The van der Waals surface area contributed by atoms with E-state index in [2.05, 4.69) is 31.2 Å². The van der Waals surface area contributed by atoms with Crippen LogP contribution in [0.5, 0.6) is 0 Å². The third-order valence-electron chi connectivity index (χ3n) is 2.34. The molecule has 1 amide bonds. The largest absolute Gasteiger partial charge is 0.319 e. The Morgan fingerprint density at radius 3 is 2.67 bits per heavy atom. The lowest BCUT2D eigenvalue weighted by molar-refractivity contribution is -0.385. The average Bonchev–Trinajstić information content (AvgIpc) is 2.42. The number of carbonyl (C=O) groups excluding carboxylic acids is 1. The SMILES string of the molecule is O=C(Nc1cc(Br)cnc1Cl)c1cc(Cl)ncc1[N+](=O)[O-]. The Balaban J connectivity index is 2.39. The highest BCUT2D eigenvalue weighted by atomic mass is 79.9. The molecule has 0 fully saturated rings. The van der Waals surface area contributed by atoms with Gasteiger partial charge >= 0.3 is 0 Å². The van der Waals surface area contributed by atoms with E-state index in [0.717, 1.165) is 12.3 Å². The number of nitrogens with zero attached hydrogens (tertiary/aromatic N) is 3. The molecule has 0 spiro atoms. The second-order valence-corrected chi connectivity index (χ2v) is 5.39. The van der Waals surface area contributed by atoms with Crippen molar-refractivity contribution in [2.75, 3.05) is 5.32 Å². The molecule has 0 atom stereocenters. The fourth-order valence-electron chi connectivity index (χ4n) is 1.45. The van der Waals surface area contributed by atoms with Crippen molar-refractivity contribution in [1.82, 2.24) is 9.97 Å². The molecule has 2 aromatic rings. The van der Waals surface area contributed by atoms with Crippen LogP contribution in [0.25, 0.3) is 0 Å². The van der Waals surface area contributed by atoms with E-state index in [1.165, 1.54) is 12.3 Å². The zero-order valence-electron chi connectivity index (χ0n) is 10.0. The van der Waals surface area contributed by atoms with Gasteiger partial charge in [-0.3, -0.25) is 14.9 Å². The molecule has 0 aliphatic carbocycles. The third-order valence-corrected chi connectivity index (χ3v) is 3.29. The Hall–Kier alpha value is -1.77. The summed E-state index contributed by atoms with van der Waals surface area (Å²) in [5, 5.41) is 13.4. The number of hydrogen-bond acceptors (Lipinski definition) is 5. The van der Waals surface area contributed by atoms with Crippen LogP contribution in [0.2, 0.25) is 10.3 Å². The van der Waals surface area contributed by atoms with Crippen LogP contribution in [0.3, 0.4) is 0 Å². The van der Waals surface area contributed by atoms with Gasteiger partial charge in [-0.05, 0) is 28.1 Å². The average molecular weight is 392 g/mol. The predicted molar refractivity (Wildman–Crippen MR) is 80.8 cm³/mol. The fourth-order valence-corrected chi connectivity index (χ4v) is 2.09. The number of nitrogens with one attached hydrogen (secondary N) is 1. The quantitative estimate of drug-likeness (QED) is 0.488. The highest BCUT2D eigenvalue weighted by Gasteiger charge is 2.22. The summed E-state index contributed by atoms with van der Waals surface area (Å²) in [5.74, 6) is -0.743. The number of nitro groups is 1. The van der Waals surface area contributed by atoms with Gasteiger partial charge < -0.3 is 5.32 Å². The summed E-state index contributed by atoms with van der Waals surface area (Å²) in [6.45, 7) is 0. The molecule has 0 aliphatic heterocycles. The summed E-state index contributed by atoms with van der Waals surface area (Å²) in [7, 11) is 0. The van der Waals surface area contributed by atoms with Gasteiger partial charge in [-0.15, -0.1) is 0 Å². The monoisotopic (exact) mass is 390 g/mol. The first-order valence-corrected chi connectivity index (χ1v) is 6.85. The lowest BCUT2D eigenvalue weighted by atomic mass is 10.2. The maximum Gasteiger partial charge on any atom is 0.300 e. The van der Waals surface area contributed by atoms with Crippen molar-refractivity contribution < 1.29 is 9.72 Å². The lowest BCUT2D eigenvalue weighted by Crippen LogP contribution is -2.15. The molecule has 0 unspecified atom stereocenters. The molecule has 0 saturated carbocycles. The second-order valence-electron chi connectivity index (χ2n) is 3.73. The smallest absolute Gasteiger partial charge is 0.300 e. The Kier molecular flexibility index (Phi) is 4.71. The summed E-state index contributed by atoms with van der Waals surface area (Å²) in [5.41, 5.74) is -0.481. The summed E-state index contributed by atoms with van der Waals surface area (Å²) in [6.07, 6.45) is 2.36. The minimum atomic E-state index is -0.743. The number of amides is 1. The molecule has 2 heterocycles. The topological polar surface area (TPSA) is 98.0 Å². The Morgan fingerprint density at radius 2 is 2.00 bits per heavy atom. The number of pyridine rings is 2. The van der Waals surface area contributed by atoms with Crippen LogP contribution in [0, 0.1) is 10.1 Å². The van der Waals surface area contributed by atoms with Gasteiger partial charge in [0.2, 0.25) is 0 Å². The normalized spacial score (nSPS) is 10.2. The molecule has 108 valence electrons. The molecule has 21 heavy (non-hydrogen) atoms. The van der Waals surface area contributed by atoms with Crippen molar-refractivity contribution in [2.45, 2.75) is 0 Å². The first-order valence-electron chi connectivity index (χ1n) is 5.31. The highest BCUT2D eigenvalue weighted by molar-refractivity contribution is 9.10. The highest BCUT2D eigenvalue weighted by Crippen LogP contribution is 2.26. The Morgan fingerprint density at radius 1 is 1.29 bits per heavy atom. The van der Waals surface area contributed by atoms with E-state index in [1.807, 2.05) is 0 Å². The van der Waals surface area contributed by atoms with Crippen LogP contribution in [0.15, 0.2) is 29.0 Å². The minimum Gasteiger partial charge on any atom is -0.319 e. The van der Waals surface area contributed by atoms with Gasteiger partial charge in [0, 0.05) is 10.7 Å². The van der Waals surface area contributed by atoms with Crippen LogP contribution < -0.4 is 5.32 Å². The van der Waals surface area contributed by atoms with E-state index in [1.54, 1.807) is 0 Å². The van der Waals surface area contributed by atoms with Gasteiger partial charge in [-0.1, -0.05) is 23.2 Å². The molecule has 2 aromatic heterocycles. The minimum absolute atomic E-state index is 0.0378. The summed E-state index contributed by atoms with van der Waals surface area (Å²) in [4.78, 5) is 29.7. The van der Waals surface area contributed by atoms with Gasteiger partial charge in [0.15, 0.2) is 5.15 Å². The number of halogens is 3. The number of carbonyl (C=O) groups is 1. The van der Waals surface area contributed by atoms with Gasteiger partial charge in [0.25, 0.3) is 11.6 Å². The first kappa shape index (κ1) is 15.6. The van der Waals surface area contributed by atoms with Gasteiger partial charge in [0.05, 0.1) is 10.6 Å². The molecule has 0 bridgehead atoms. The fraction of sp³-hybridized carbons (Fsp3) is 0. The van der Waals surface area contributed by atoms with Crippen molar-refractivity contribution >= 4 is 56.4 Å². The summed E-state index contributed by atoms with van der Waals surface area (Å²) >= 11 is 14.7. The maximum absolute atomic E-state index is 12.2. The first-order chi connectivity index (χ1) is 9.88. The summed E-state index contributed by atoms with van der Waals surface area (Å²) in [6, 6.07) is 2.62. The van der Waals surface area contributed by atoms with Crippen molar-refractivity contribution in [3.8, 4) is 0 Å². The maximum atomic E-state index is 12.2. The van der Waals surface area contributed by atoms with Crippen molar-refractivity contribution in [2.24, 2.45) is 0 Å². The molecule has 10 heteroatoms. The second kappa shape index (κ2) is 6.33. The molecule has 2 rings (SSSR count). The molecule has 1 N–H and O–H groups in total. The molecule has 0 saturated heterocycles. The molecule has 0 aliphatic rings. The van der Waals surface area contributed by atoms with Crippen LogP contribution in [0.1, 0.15) is 10.4 Å². The Labute approximate surface area is 136 Å². The van der Waals surface area contributed by atoms with E-state index >= 15 is 0 Å². The van der Waals surface area contributed by atoms with E-state index in [4.69, 9.17) is 23.2 Å². The van der Waals surface area contributed by atoms with Crippen molar-refractivity contribution in [1.29, 1.82) is 0 Å². The van der Waals surface area contributed by atoms with Gasteiger partial charge in [-0.25, -0.2) is 9.97 Å². The number of aromatic nitrogens is 2. The van der Waals surface area contributed by atoms with Crippen molar-refractivity contribution in [3.63, 3.8) is 0 Å². The van der Waals surface area contributed by atoms with Crippen molar-refractivity contribution in [3.05, 3.63) is 55.0 Å². The van der Waals surface area contributed by atoms with Crippen LogP contribution in [-0.2, 0) is 0 Å². The van der Waals surface area contributed by atoms with E-state index in [0.29, 0.717) is 4.47 Å². The van der Waals surface area contributed by atoms with E-state index in [-0.39, 0.29) is 21.6 Å². The van der Waals surface area contributed by atoms with Gasteiger partial charge in [-0.2, -0.15) is 0 Å². The Bertz CT molecular complexity index is 741. The summed E-state index contributed by atoms with van der Waals surface area (Å²) < 4.78 is 0.587. The molecular formula is C11H5BrCl2N4O3. The molecule has 7 nitrogen and oxygen atoms in total. The molecule has 0 radical (unpaired) electrons. The van der Waals surface area contributed by atoms with E-state index in [9.17, 15) is 14.9 Å². The van der Waals surface area contributed by atoms with Crippen LogP contribution >= 0.6 is 39.1 Å². The predicted octanol–water partition coefficient (Wildman–Crippen LogP) is 3.71. The molecule has 0 aromatic carbocycles. The third kappa shape index (κ3) is 3.66. The zero-order valence-corrected chi connectivity index (χ0v) is 13.1. The standard InChI is InChI=1S/C11H5BrCl2N4O3/c12-5-1-7(10(14)16-3-5)17-11(19)6-2-9(13)15-4-8(6)18(20)21/h1-4H,(H,17,19). The van der Waals surface area contributed by atoms with E-state index < -0.39 is 16.5 Å². The zero-order chi connectivity index (χ0) is 15.6. The number of rotatable bonds is 3. The number of anilines is 1. The lowest BCUT2D eigenvalue weighted by Gasteiger charge is -2.07.